The fourth-order valence-corrected chi connectivity index (χ4v) is 4.18. The number of carbonyl (C=O) groups excluding carboxylic acids is 2. The number of hydrogen-bond donors (Lipinski definition) is 1. The highest BCUT2D eigenvalue weighted by Crippen LogP contribution is 2.43. The summed E-state index contributed by atoms with van der Waals surface area (Å²) in [4.78, 5) is 27.1. The van der Waals surface area contributed by atoms with Gasteiger partial charge in [0.05, 0.1) is 21.7 Å². The lowest BCUT2D eigenvalue weighted by Crippen LogP contribution is -2.29. The Kier molecular flexibility index (Phi) is 5.12. The first-order valence-electron chi connectivity index (χ1n) is 8.50. The van der Waals surface area contributed by atoms with Gasteiger partial charge in [-0.25, -0.2) is 0 Å². The van der Waals surface area contributed by atoms with Crippen LogP contribution in [0, 0.1) is 6.92 Å². The van der Waals surface area contributed by atoms with Gasteiger partial charge in [-0.3, -0.25) is 14.5 Å². The minimum Gasteiger partial charge on any atom is -0.507 e. The van der Waals surface area contributed by atoms with Gasteiger partial charge in [0.25, 0.3) is 5.78 Å². The van der Waals surface area contributed by atoms with Crippen LogP contribution in [-0.4, -0.2) is 27.0 Å². The minimum atomic E-state index is -0.919. The van der Waals surface area contributed by atoms with E-state index in [0.717, 1.165) is 0 Å². The quantitative estimate of drug-likeness (QED) is 0.356. The largest absolute Gasteiger partial charge is 0.507 e. The summed E-state index contributed by atoms with van der Waals surface area (Å²) >= 11 is 13.4. The van der Waals surface area contributed by atoms with E-state index < -0.39 is 17.7 Å². The van der Waals surface area contributed by atoms with E-state index in [1.807, 2.05) is 0 Å². The van der Waals surface area contributed by atoms with Crippen molar-refractivity contribution in [2.45, 2.75) is 13.0 Å². The summed E-state index contributed by atoms with van der Waals surface area (Å²) in [5.41, 5.74) is 0.889. The van der Waals surface area contributed by atoms with Crippen LogP contribution in [-0.2, 0) is 9.59 Å². The molecular weight excluding hydrogens is 433 g/mol. The Morgan fingerprint density at radius 1 is 1.07 bits per heavy atom. The molecule has 1 atom stereocenters. The van der Waals surface area contributed by atoms with Crippen molar-refractivity contribution in [3.8, 4) is 0 Å². The van der Waals surface area contributed by atoms with Gasteiger partial charge in [-0.1, -0.05) is 70.9 Å². The Morgan fingerprint density at radius 2 is 1.79 bits per heavy atom. The molecule has 6 nitrogen and oxygen atoms in total. The maximum Gasteiger partial charge on any atom is 0.301 e. The number of carbonyl (C=O) groups is 2. The second-order valence-electron chi connectivity index (χ2n) is 6.31. The van der Waals surface area contributed by atoms with E-state index in [0.29, 0.717) is 21.2 Å². The number of Topliss-reactive ketones (excluding diaryl/α,β-unsaturated/α-hetero) is 1. The molecule has 1 saturated heterocycles. The van der Waals surface area contributed by atoms with Crippen molar-refractivity contribution >= 4 is 57.1 Å². The molecule has 1 fully saturated rings. The number of benzene rings is 2. The van der Waals surface area contributed by atoms with Crippen molar-refractivity contribution in [2.24, 2.45) is 0 Å². The fraction of sp³-hybridized carbons (Fsp3) is 0.100. The van der Waals surface area contributed by atoms with Crippen LogP contribution in [0.3, 0.4) is 0 Å². The molecule has 146 valence electrons. The number of ketones is 1. The molecule has 1 aliphatic heterocycles. The van der Waals surface area contributed by atoms with E-state index in [9.17, 15) is 14.7 Å². The first-order valence-corrected chi connectivity index (χ1v) is 10.1. The Labute approximate surface area is 180 Å². The third-order valence-corrected chi connectivity index (χ3v) is 6.05. The molecule has 1 amide bonds. The molecule has 3 aromatic rings. The van der Waals surface area contributed by atoms with E-state index >= 15 is 0 Å². The van der Waals surface area contributed by atoms with E-state index in [2.05, 4.69) is 10.2 Å². The van der Waals surface area contributed by atoms with Gasteiger partial charge in [-0.15, -0.1) is 10.2 Å². The summed E-state index contributed by atoms with van der Waals surface area (Å²) in [5, 5.41) is 20.4. The number of aliphatic hydroxyl groups excluding tert-OH is 1. The summed E-state index contributed by atoms with van der Waals surface area (Å²) < 4.78 is 0. The van der Waals surface area contributed by atoms with Crippen LogP contribution >= 0.6 is 34.5 Å². The van der Waals surface area contributed by atoms with Crippen LogP contribution < -0.4 is 4.90 Å². The topological polar surface area (TPSA) is 83.4 Å². The van der Waals surface area contributed by atoms with Crippen LogP contribution in [0.25, 0.3) is 5.76 Å². The van der Waals surface area contributed by atoms with Gasteiger partial charge in [-0.05, 0) is 24.6 Å². The standard InChI is InChI=1S/C20H13Cl2N3O3S/c1-10-23-24-20(29-10)25-16(12-7-8-13(21)14(22)9-12)15(18(27)19(25)28)17(26)11-5-3-2-4-6-11/h2-9,16,26H,1H3. The molecule has 9 heteroatoms. The number of aromatic nitrogens is 2. The highest BCUT2D eigenvalue weighted by molar-refractivity contribution is 7.15. The average Bonchev–Trinajstić information content (AvgIpc) is 3.25. The van der Waals surface area contributed by atoms with Gasteiger partial charge in [0.2, 0.25) is 5.13 Å². The summed E-state index contributed by atoms with van der Waals surface area (Å²) in [7, 11) is 0. The molecule has 0 radical (unpaired) electrons. The highest BCUT2D eigenvalue weighted by atomic mass is 35.5. The number of nitrogens with zero attached hydrogens (tertiary/aromatic N) is 3. The van der Waals surface area contributed by atoms with Crippen LogP contribution in [0.1, 0.15) is 22.2 Å². The normalized spacial score (nSPS) is 18.4. The summed E-state index contributed by atoms with van der Waals surface area (Å²) in [6.45, 7) is 1.75. The lowest BCUT2D eigenvalue weighted by Gasteiger charge is -2.22. The molecule has 0 saturated carbocycles. The number of rotatable bonds is 3. The number of aliphatic hydroxyl groups is 1. The molecule has 4 rings (SSSR count). The smallest absolute Gasteiger partial charge is 0.301 e. The van der Waals surface area contributed by atoms with Crippen molar-refractivity contribution in [1.82, 2.24) is 10.2 Å². The second kappa shape index (κ2) is 7.59. The van der Waals surface area contributed by atoms with Crippen LogP contribution in [0.15, 0.2) is 54.1 Å². The van der Waals surface area contributed by atoms with E-state index in [-0.39, 0.29) is 21.5 Å². The molecule has 1 aromatic heterocycles. The third-order valence-electron chi connectivity index (χ3n) is 4.47. The third kappa shape index (κ3) is 3.42. The minimum absolute atomic E-state index is 0.0487. The van der Waals surface area contributed by atoms with Crippen molar-refractivity contribution in [3.05, 3.63) is 80.3 Å². The average molecular weight is 446 g/mol. The molecular formula is C20H13Cl2N3O3S. The first kappa shape index (κ1) is 19.6. The zero-order valence-corrected chi connectivity index (χ0v) is 17.3. The SMILES string of the molecule is Cc1nnc(N2C(=O)C(=O)C(=C(O)c3ccccc3)C2c2ccc(Cl)c(Cl)c2)s1. The van der Waals surface area contributed by atoms with Crippen molar-refractivity contribution in [2.75, 3.05) is 4.90 Å². The summed E-state index contributed by atoms with van der Waals surface area (Å²) in [6.07, 6.45) is 0. The zero-order valence-electron chi connectivity index (χ0n) is 15.0. The summed E-state index contributed by atoms with van der Waals surface area (Å²) in [5.74, 6) is -1.88. The highest BCUT2D eigenvalue weighted by Gasteiger charge is 2.48. The fourth-order valence-electron chi connectivity index (χ4n) is 3.16. The molecule has 2 heterocycles. The van der Waals surface area contributed by atoms with Gasteiger partial charge in [0.1, 0.15) is 10.8 Å². The van der Waals surface area contributed by atoms with Crippen molar-refractivity contribution < 1.29 is 14.7 Å². The van der Waals surface area contributed by atoms with Gasteiger partial charge in [0, 0.05) is 5.56 Å². The molecule has 0 bridgehead atoms. The van der Waals surface area contributed by atoms with Crippen molar-refractivity contribution in [3.63, 3.8) is 0 Å². The molecule has 29 heavy (non-hydrogen) atoms. The monoisotopic (exact) mass is 445 g/mol. The maximum absolute atomic E-state index is 12.9. The Balaban J connectivity index is 1.97. The molecule has 1 aliphatic rings. The van der Waals surface area contributed by atoms with Gasteiger partial charge >= 0.3 is 5.91 Å². The lowest BCUT2D eigenvalue weighted by atomic mass is 9.95. The molecule has 1 unspecified atom stereocenters. The number of anilines is 1. The second-order valence-corrected chi connectivity index (χ2v) is 8.29. The number of aryl methyl sites for hydroxylation is 1. The first-order chi connectivity index (χ1) is 13.9. The van der Waals surface area contributed by atoms with Crippen LogP contribution in [0.2, 0.25) is 10.0 Å². The van der Waals surface area contributed by atoms with Crippen LogP contribution in [0.5, 0.6) is 0 Å². The zero-order chi connectivity index (χ0) is 20.7. The van der Waals surface area contributed by atoms with Crippen molar-refractivity contribution in [1.29, 1.82) is 0 Å². The van der Waals surface area contributed by atoms with E-state index in [1.165, 1.54) is 16.2 Å². The van der Waals surface area contributed by atoms with Gasteiger partial charge in [-0.2, -0.15) is 0 Å². The number of amides is 1. The number of halogens is 2. The van der Waals surface area contributed by atoms with Gasteiger partial charge in [0.15, 0.2) is 0 Å². The van der Waals surface area contributed by atoms with Gasteiger partial charge < -0.3 is 5.11 Å². The summed E-state index contributed by atoms with van der Waals surface area (Å²) in [6, 6.07) is 12.4. The molecule has 0 aliphatic carbocycles. The molecule has 2 aromatic carbocycles. The lowest BCUT2D eigenvalue weighted by molar-refractivity contribution is -0.132. The Morgan fingerprint density at radius 3 is 2.41 bits per heavy atom. The molecule has 1 N–H and O–H groups in total. The van der Waals surface area contributed by atoms with E-state index in [4.69, 9.17) is 23.2 Å². The predicted octanol–water partition coefficient (Wildman–Crippen LogP) is 4.78. The van der Waals surface area contributed by atoms with Crippen LogP contribution in [0.4, 0.5) is 5.13 Å². The molecule has 0 spiro atoms. The maximum atomic E-state index is 12.9. The Hall–Kier alpha value is -2.74. The number of hydrogen-bond acceptors (Lipinski definition) is 6. The van der Waals surface area contributed by atoms with E-state index in [1.54, 1.807) is 55.5 Å². The predicted molar refractivity (Wildman–Crippen MR) is 112 cm³/mol. The Bertz CT molecular complexity index is 1160.